The smallest absolute Gasteiger partial charge is 0.0803 e. The summed E-state index contributed by atoms with van der Waals surface area (Å²) >= 11 is 0. The van der Waals surface area contributed by atoms with Gasteiger partial charge in [-0.1, -0.05) is 57.5 Å². The molecule has 0 aliphatic carbocycles. The largest absolute Gasteiger partial charge is 0.362 e. The van der Waals surface area contributed by atoms with Crippen molar-refractivity contribution in [2.24, 2.45) is 0 Å². The summed E-state index contributed by atoms with van der Waals surface area (Å²) in [4.78, 5) is 2.70. The first-order valence-electron chi connectivity index (χ1n) is 8.91. The Bertz CT molecular complexity index is 503. The van der Waals surface area contributed by atoms with Gasteiger partial charge >= 0.3 is 0 Å². The maximum absolute atomic E-state index is 2.70. The zero-order valence-electron chi connectivity index (χ0n) is 17.7. The molecule has 0 amide bonds. The minimum atomic E-state index is -1.43. The van der Waals surface area contributed by atoms with E-state index in [-0.39, 0.29) is 11.1 Å². The van der Waals surface area contributed by atoms with E-state index in [1.54, 1.807) is 16.1 Å². The van der Waals surface area contributed by atoms with E-state index >= 15 is 0 Å². The third-order valence-corrected chi connectivity index (χ3v) is 8.26. The Kier molecular flexibility index (Phi) is 5.41. The molecule has 1 rings (SSSR count). The van der Waals surface area contributed by atoms with Crippen molar-refractivity contribution < 1.29 is 0 Å². The number of rotatable bonds is 3. The van der Waals surface area contributed by atoms with E-state index in [4.69, 9.17) is 0 Å². The Morgan fingerprint density at radius 2 is 0.957 bits per heavy atom. The molecule has 0 atom stereocenters. The van der Waals surface area contributed by atoms with Gasteiger partial charge in [0.1, 0.15) is 0 Å². The molecule has 0 bridgehead atoms. The molecule has 0 aliphatic rings. The van der Waals surface area contributed by atoms with Crippen LogP contribution in [0.4, 0.5) is 5.69 Å². The van der Waals surface area contributed by atoms with Crippen LogP contribution < -0.4 is 15.3 Å². The molecule has 0 N–H and O–H groups in total. The summed E-state index contributed by atoms with van der Waals surface area (Å²) in [5.74, 6) is 0. The highest BCUT2D eigenvalue weighted by Gasteiger charge is 2.38. The number of hydrogen-bond acceptors (Lipinski definition) is 1. The van der Waals surface area contributed by atoms with Crippen LogP contribution in [0.25, 0.3) is 0 Å². The molecule has 3 heteroatoms. The van der Waals surface area contributed by atoms with Crippen molar-refractivity contribution >= 4 is 32.2 Å². The van der Waals surface area contributed by atoms with Crippen molar-refractivity contribution in [1.82, 2.24) is 0 Å². The van der Waals surface area contributed by atoms with Gasteiger partial charge in [-0.25, -0.2) is 0 Å². The summed E-state index contributed by atoms with van der Waals surface area (Å²) in [5, 5.41) is 3.23. The quantitative estimate of drug-likeness (QED) is 0.680. The van der Waals surface area contributed by atoms with Gasteiger partial charge in [0.25, 0.3) is 0 Å². The average molecular weight is 350 g/mol. The van der Waals surface area contributed by atoms with E-state index in [2.05, 4.69) is 104 Å². The number of benzene rings is 1. The third kappa shape index (κ3) is 4.72. The van der Waals surface area contributed by atoms with Crippen molar-refractivity contribution in [3.63, 3.8) is 0 Å². The Morgan fingerprint density at radius 1 is 0.652 bits per heavy atom. The molecule has 0 radical (unpaired) electrons. The van der Waals surface area contributed by atoms with Crippen molar-refractivity contribution in [1.29, 1.82) is 0 Å². The fourth-order valence-electron chi connectivity index (χ4n) is 3.67. The minimum absolute atomic E-state index is 0.0996. The molecule has 0 fully saturated rings. The SMILES string of the molecule is CC(C)(C)N(c1c([Si](C)(C)C)cccc1[Si](C)(C)C)C(C)(C)C. The Balaban J connectivity index is 3.91. The highest BCUT2D eigenvalue weighted by molar-refractivity contribution is 6.93. The van der Waals surface area contributed by atoms with E-state index in [0.717, 1.165) is 0 Å². The summed E-state index contributed by atoms with van der Waals surface area (Å²) in [6, 6.07) is 7.10. The predicted octanol–water partition coefficient (Wildman–Crippen LogP) is 5.18. The second-order valence-corrected chi connectivity index (χ2v) is 21.0. The molecule has 132 valence electrons. The molecular weight excluding hydrogens is 310 g/mol. The Morgan fingerprint density at radius 3 is 1.17 bits per heavy atom. The maximum Gasteiger partial charge on any atom is 0.0803 e. The number of nitrogens with zero attached hydrogens (tertiary/aromatic N) is 1. The molecule has 23 heavy (non-hydrogen) atoms. The molecule has 0 unspecified atom stereocenters. The van der Waals surface area contributed by atoms with Crippen LogP contribution in [0, 0.1) is 0 Å². The highest BCUT2D eigenvalue weighted by atomic mass is 28.3. The van der Waals surface area contributed by atoms with Crippen LogP contribution >= 0.6 is 0 Å². The summed E-state index contributed by atoms with van der Waals surface area (Å²) in [5.41, 5.74) is 1.75. The predicted molar refractivity (Wildman–Crippen MR) is 114 cm³/mol. The first-order valence-corrected chi connectivity index (χ1v) is 15.9. The van der Waals surface area contributed by atoms with E-state index in [1.807, 2.05) is 0 Å². The molecule has 1 aromatic carbocycles. The topological polar surface area (TPSA) is 3.24 Å². The van der Waals surface area contributed by atoms with Gasteiger partial charge in [-0.3, -0.25) is 0 Å². The van der Waals surface area contributed by atoms with Gasteiger partial charge in [-0.05, 0) is 51.9 Å². The van der Waals surface area contributed by atoms with Crippen LogP contribution in [0.1, 0.15) is 41.5 Å². The summed E-state index contributed by atoms with van der Waals surface area (Å²) in [6.45, 7) is 29.0. The minimum Gasteiger partial charge on any atom is -0.362 e. The molecule has 1 aromatic rings. The lowest BCUT2D eigenvalue weighted by Gasteiger charge is -2.51. The summed E-state index contributed by atoms with van der Waals surface area (Å²) < 4.78 is 0. The lowest BCUT2D eigenvalue weighted by atomic mass is 9.94. The van der Waals surface area contributed by atoms with Crippen LogP contribution in [0.3, 0.4) is 0 Å². The monoisotopic (exact) mass is 349 g/mol. The molecule has 0 heterocycles. The third-order valence-electron chi connectivity index (χ3n) is 4.22. The lowest BCUT2D eigenvalue weighted by molar-refractivity contribution is 0.382. The zero-order chi connectivity index (χ0) is 18.4. The van der Waals surface area contributed by atoms with Gasteiger partial charge in [0.15, 0.2) is 0 Å². The van der Waals surface area contributed by atoms with E-state index in [0.29, 0.717) is 0 Å². The average Bonchev–Trinajstić information content (AvgIpc) is 2.21. The molecule has 0 spiro atoms. The maximum atomic E-state index is 2.70. The van der Waals surface area contributed by atoms with E-state index < -0.39 is 16.1 Å². The first-order chi connectivity index (χ1) is 9.97. The number of anilines is 1. The molecule has 0 aliphatic heterocycles. The lowest BCUT2D eigenvalue weighted by Crippen LogP contribution is -2.60. The Hall–Kier alpha value is -0.546. The van der Waals surface area contributed by atoms with Crippen molar-refractivity contribution in [3.8, 4) is 0 Å². The van der Waals surface area contributed by atoms with Gasteiger partial charge in [0, 0.05) is 16.8 Å². The standard InChI is InChI=1S/C20H39NSi2/c1-19(2,3)21(20(4,5)6)18-16(22(7,8)9)14-13-15-17(18)23(10,11)12/h13-15H,1-12H3. The zero-order valence-corrected chi connectivity index (χ0v) is 19.7. The van der Waals surface area contributed by atoms with Gasteiger partial charge in [0.05, 0.1) is 16.1 Å². The molecular formula is C20H39NSi2. The van der Waals surface area contributed by atoms with Gasteiger partial charge in [-0.2, -0.15) is 0 Å². The van der Waals surface area contributed by atoms with Crippen LogP contribution in [-0.2, 0) is 0 Å². The molecule has 1 nitrogen and oxygen atoms in total. The fourth-order valence-corrected chi connectivity index (χ4v) is 6.90. The van der Waals surface area contributed by atoms with Crippen molar-refractivity contribution in [2.75, 3.05) is 4.90 Å². The highest BCUT2D eigenvalue weighted by Crippen LogP contribution is 2.32. The van der Waals surface area contributed by atoms with Gasteiger partial charge in [-0.15, -0.1) is 0 Å². The number of para-hydroxylation sites is 1. The van der Waals surface area contributed by atoms with E-state index in [9.17, 15) is 0 Å². The number of hydrogen-bond donors (Lipinski definition) is 0. The van der Waals surface area contributed by atoms with Gasteiger partial charge in [0.2, 0.25) is 0 Å². The second-order valence-electron chi connectivity index (χ2n) is 10.9. The second kappa shape index (κ2) is 6.07. The van der Waals surface area contributed by atoms with Crippen LogP contribution in [0.5, 0.6) is 0 Å². The van der Waals surface area contributed by atoms with E-state index in [1.165, 1.54) is 0 Å². The fraction of sp³-hybridized carbons (Fsp3) is 0.700. The Labute approximate surface area is 147 Å². The molecule has 0 saturated carbocycles. The summed E-state index contributed by atoms with van der Waals surface area (Å²) in [7, 11) is -2.86. The first kappa shape index (κ1) is 20.5. The van der Waals surface area contributed by atoms with Crippen molar-refractivity contribution in [2.45, 2.75) is 91.9 Å². The van der Waals surface area contributed by atoms with Gasteiger partial charge < -0.3 is 4.90 Å². The van der Waals surface area contributed by atoms with Crippen molar-refractivity contribution in [3.05, 3.63) is 18.2 Å². The van der Waals surface area contributed by atoms with Crippen LogP contribution in [0.15, 0.2) is 18.2 Å². The van der Waals surface area contributed by atoms with Crippen LogP contribution in [0.2, 0.25) is 39.3 Å². The van der Waals surface area contributed by atoms with Crippen LogP contribution in [-0.4, -0.2) is 27.2 Å². The molecule has 0 aromatic heterocycles. The summed E-state index contributed by atoms with van der Waals surface area (Å²) in [6.07, 6.45) is 0. The normalized spacial score (nSPS) is 14.1. The molecule has 0 saturated heterocycles.